The Kier molecular flexibility index (Phi) is 4.74. The Morgan fingerprint density at radius 1 is 1.05 bits per heavy atom. The molecule has 3 fully saturated rings. The zero-order chi connectivity index (χ0) is 15.5. The summed E-state index contributed by atoms with van der Waals surface area (Å²) in [5.41, 5.74) is 0. The summed E-state index contributed by atoms with van der Waals surface area (Å²) < 4.78 is 0. The maximum absolute atomic E-state index is 12.6. The molecule has 1 aliphatic carbocycles. The van der Waals surface area contributed by atoms with Gasteiger partial charge >= 0.3 is 12.1 Å². The van der Waals surface area contributed by atoms with E-state index in [4.69, 9.17) is 0 Å². The minimum absolute atomic E-state index is 0.0206. The molecule has 0 unspecified atom stereocenters. The van der Waals surface area contributed by atoms with Gasteiger partial charge in [0.1, 0.15) is 0 Å². The smallest absolute Gasteiger partial charge is 0.317 e. The lowest BCUT2D eigenvalue weighted by atomic mass is 9.79. The fourth-order valence-electron chi connectivity index (χ4n) is 3.94. The summed E-state index contributed by atoms with van der Waals surface area (Å²) in [5, 5.41) is 5.96. The normalized spacial score (nSPS) is 28.6. The van der Waals surface area contributed by atoms with Gasteiger partial charge in [0.2, 0.25) is 0 Å². The summed E-state index contributed by atoms with van der Waals surface area (Å²) in [6.45, 7) is 4.80. The number of nitrogens with zero attached hydrogens (tertiary/aromatic N) is 2. The van der Waals surface area contributed by atoms with Gasteiger partial charge in [0.15, 0.2) is 0 Å². The molecule has 0 aromatic carbocycles. The van der Waals surface area contributed by atoms with E-state index >= 15 is 0 Å². The number of carbonyl (C=O) groups is 2. The molecular formula is C16H28N4O2. The van der Waals surface area contributed by atoms with Gasteiger partial charge in [-0.1, -0.05) is 6.42 Å². The SMILES string of the molecule is CCNC(=O)N1CC[C@@H](NC(=O)N2CCC[C@@H]2C2CCC2)C1. The van der Waals surface area contributed by atoms with Crippen LogP contribution in [-0.4, -0.2) is 60.1 Å². The molecule has 6 nitrogen and oxygen atoms in total. The molecule has 2 aliphatic heterocycles. The molecular weight excluding hydrogens is 280 g/mol. The summed E-state index contributed by atoms with van der Waals surface area (Å²) >= 11 is 0. The summed E-state index contributed by atoms with van der Waals surface area (Å²) in [6, 6.07) is 0.609. The highest BCUT2D eigenvalue weighted by molar-refractivity contribution is 5.76. The predicted octanol–water partition coefficient (Wildman–Crippen LogP) is 1.76. The Balaban J connectivity index is 1.48. The molecule has 0 bridgehead atoms. The number of likely N-dealkylation sites (tertiary alicyclic amines) is 2. The van der Waals surface area contributed by atoms with E-state index in [9.17, 15) is 9.59 Å². The second kappa shape index (κ2) is 6.75. The van der Waals surface area contributed by atoms with E-state index in [-0.39, 0.29) is 18.1 Å². The van der Waals surface area contributed by atoms with Crippen LogP contribution in [0.1, 0.15) is 45.4 Å². The van der Waals surface area contributed by atoms with E-state index in [0.717, 1.165) is 38.3 Å². The van der Waals surface area contributed by atoms with E-state index in [0.29, 0.717) is 19.1 Å². The van der Waals surface area contributed by atoms with E-state index in [2.05, 4.69) is 15.5 Å². The monoisotopic (exact) mass is 308 g/mol. The average molecular weight is 308 g/mol. The Labute approximate surface area is 132 Å². The van der Waals surface area contributed by atoms with Gasteiger partial charge in [-0.3, -0.25) is 0 Å². The second-order valence-electron chi connectivity index (χ2n) is 6.81. The fourth-order valence-corrected chi connectivity index (χ4v) is 3.94. The van der Waals surface area contributed by atoms with Crippen molar-refractivity contribution in [3.05, 3.63) is 0 Å². The number of hydrogen-bond acceptors (Lipinski definition) is 2. The maximum atomic E-state index is 12.6. The van der Waals surface area contributed by atoms with E-state index in [1.54, 1.807) is 4.90 Å². The van der Waals surface area contributed by atoms with Crippen LogP contribution in [0.15, 0.2) is 0 Å². The molecule has 3 rings (SSSR count). The summed E-state index contributed by atoms with van der Waals surface area (Å²) in [7, 11) is 0. The van der Waals surface area contributed by atoms with Crippen LogP contribution in [0.25, 0.3) is 0 Å². The number of urea groups is 2. The average Bonchev–Trinajstić information content (AvgIpc) is 3.06. The Hall–Kier alpha value is -1.46. The van der Waals surface area contributed by atoms with Gasteiger partial charge in [0, 0.05) is 38.3 Å². The summed E-state index contributed by atoms with van der Waals surface area (Å²) in [5.74, 6) is 0.726. The van der Waals surface area contributed by atoms with Crippen molar-refractivity contribution in [2.24, 2.45) is 5.92 Å². The second-order valence-corrected chi connectivity index (χ2v) is 6.81. The zero-order valence-corrected chi connectivity index (χ0v) is 13.5. The quantitative estimate of drug-likeness (QED) is 0.834. The minimum Gasteiger partial charge on any atom is -0.338 e. The highest BCUT2D eigenvalue weighted by Crippen LogP contribution is 2.37. The van der Waals surface area contributed by atoms with Crippen molar-refractivity contribution in [3.63, 3.8) is 0 Å². The molecule has 0 spiro atoms. The molecule has 124 valence electrons. The first-order valence-electron chi connectivity index (χ1n) is 8.79. The lowest BCUT2D eigenvalue weighted by molar-refractivity contribution is 0.137. The van der Waals surface area contributed by atoms with Gasteiger partial charge in [0.25, 0.3) is 0 Å². The van der Waals surface area contributed by atoms with E-state index < -0.39 is 0 Å². The Bertz CT molecular complexity index is 424. The van der Waals surface area contributed by atoms with Gasteiger partial charge < -0.3 is 20.4 Å². The van der Waals surface area contributed by atoms with Crippen LogP contribution >= 0.6 is 0 Å². The Morgan fingerprint density at radius 3 is 2.55 bits per heavy atom. The minimum atomic E-state index is -0.0206. The van der Waals surface area contributed by atoms with Gasteiger partial charge in [-0.2, -0.15) is 0 Å². The first-order chi connectivity index (χ1) is 10.7. The topological polar surface area (TPSA) is 64.7 Å². The van der Waals surface area contributed by atoms with Gasteiger partial charge in [0.05, 0.1) is 0 Å². The van der Waals surface area contributed by atoms with Crippen molar-refractivity contribution < 1.29 is 9.59 Å². The highest BCUT2D eigenvalue weighted by Gasteiger charge is 2.38. The van der Waals surface area contributed by atoms with Crippen LogP contribution in [-0.2, 0) is 0 Å². The number of carbonyl (C=O) groups excluding carboxylic acids is 2. The molecule has 2 N–H and O–H groups in total. The Morgan fingerprint density at radius 2 is 1.86 bits per heavy atom. The number of hydrogen-bond donors (Lipinski definition) is 2. The van der Waals surface area contributed by atoms with Gasteiger partial charge in [-0.25, -0.2) is 9.59 Å². The lowest BCUT2D eigenvalue weighted by Crippen LogP contribution is -2.50. The number of nitrogens with one attached hydrogen (secondary N) is 2. The lowest BCUT2D eigenvalue weighted by Gasteiger charge is -2.37. The number of amides is 4. The first kappa shape index (κ1) is 15.4. The molecule has 6 heteroatoms. The van der Waals surface area contributed by atoms with Crippen LogP contribution in [0.4, 0.5) is 9.59 Å². The molecule has 0 aromatic heterocycles. The fraction of sp³-hybridized carbons (Fsp3) is 0.875. The summed E-state index contributed by atoms with van der Waals surface area (Å²) in [6.07, 6.45) is 7.02. The largest absolute Gasteiger partial charge is 0.338 e. The molecule has 0 radical (unpaired) electrons. The van der Waals surface area contributed by atoms with Crippen LogP contribution in [0.5, 0.6) is 0 Å². The van der Waals surface area contributed by atoms with Crippen LogP contribution in [0.2, 0.25) is 0 Å². The van der Waals surface area contributed by atoms with Crippen LogP contribution in [0.3, 0.4) is 0 Å². The number of rotatable bonds is 3. The maximum Gasteiger partial charge on any atom is 0.317 e. The van der Waals surface area contributed by atoms with E-state index in [1.807, 2.05) is 6.92 Å². The predicted molar refractivity (Wildman–Crippen MR) is 84.7 cm³/mol. The molecule has 0 aromatic rings. The molecule has 2 atom stereocenters. The highest BCUT2D eigenvalue weighted by atomic mass is 16.2. The molecule has 2 heterocycles. The van der Waals surface area contributed by atoms with Crippen LogP contribution in [0, 0.1) is 5.92 Å². The molecule has 3 aliphatic rings. The van der Waals surface area contributed by atoms with Gasteiger partial charge in [-0.15, -0.1) is 0 Å². The van der Waals surface area contributed by atoms with Crippen molar-refractivity contribution in [2.75, 3.05) is 26.2 Å². The third-order valence-corrected chi connectivity index (χ3v) is 5.39. The molecule has 22 heavy (non-hydrogen) atoms. The first-order valence-corrected chi connectivity index (χ1v) is 8.79. The van der Waals surface area contributed by atoms with Crippen molar-refractivity contribution in [1.29, 1.82) is 0 Å². The van der Waals surface area contributed by atoms with Crippen molar-refractivity contribution in [3.8, 4) is 0 Å². The molecule has 2 saturated heterocycles. The van der Waals surface area contributed by atoms with Crippen LogP contribution < -0.4 is 10.6 Å². The molecule has 1 saturated carbocycles. The van der Waals surface area contributed by atoms with Crippen molar-refractivity contribution >= 4 is 12.1 Å². The van der Waals surface area contributed by atoms with Crippen molar-refractivity contribution in [1.82, 2.24) is 20.4 Å². The third kappa shape index (κ3) is 3.15. The zero-order valence-electron chi connectivity index (χ0n) is 13.5. The van der Waals surface area contributed by atoms with Gasteiger partial charge in [-0.05, 0) is 44.9 Å². The third-order valence-electron chi connectivity index (χ3n) is 5.39. The van der Waals surface area contributed by atoms with E-state index in [1.165, 1.54) is 19.3 Å². The summed E-state index contributed by atoms with van der Waals surface area (Å²) in [4.78, 5) is 28.2. The standard InChI is InChI=1S/C16H28N4O2/c1-2-17-15(21)19-10-8-13(11-19)18-16(22)20-9-4-7-14(20)12-5-3-6-12/h12-14H,2-11H2,1H3,(H,17,21)(H,18,22)/t13-,14-/m1/s1. The molecule has 4 amide bonds. The van der Waals surface area contributed by atoms with Crippen molar-refractivity contribution in [2.45, 2.75) is 57.5 Å².